The number of methoxy groups -OCH3 is 1. The molecule has 156 valence electrons. The fourth-order valence-corrected chi connectivity index (χ4v) is 4.41. The van der Waals surface area contributed by atoms with Crippen LogP contribution in [0.5, 0.6) is 11.6 Å². The van der Waals surface area contributed by atoms with E-state index in [0.29, 0.717) is 16.7 Å². The standard InChI is InChI=1S/C22H23BrN4O2S/c1-3-4-7-12-30-22-25-21-19(26-27-22)16-13-14(23)10-11-17(16)24-20(29-21)15-8-5-6-9-18(15)28-2/h5-6,8-11,13,20,24H,3-4,7,12H2,1-2H3/t20-/m0/s1. The van der Waals surface area contributed by atoms with Gasteiger partial charge in [-0.25, -0.2) is 0 Å². The molecule has 0 radical (unpaired) electrons. The van der Waals surface area contributed by atoms with Crippen molar-refractivity contribution in [2.45, 2.75) is 37.6 Å². The Kier molecular flexibility index (Phi) is 6.74. The zero-order valence-corrected chi connectivity index (χ0v) is 19.3. The molecule has 0 amide bonds. The summed E-state index contributed by atoms with van der Waals surface area (Å²) in [6.45, 7) is 2.19. The summed E-state index contributed by atoms with van der Waals surface area (Å²) in [6, 6.07) is 13.8. The van der Waals surface area contributed by atoms with Gasteiger partial charge in [0.25, 0.3) is 0 Å². The Morgan fingerprint density at radius 3 is 2.87 bits per heavy atom. The van der Waals surface area contributed by atoms with Crippen molar-refractivity contribution in [2.75, 3.05) is 18.2 Å². The van der Waals surface area contributed by atoms with Crippen LogP contribution >= 0.6 is 27.7 Å². The molecule has 30 heavy (non-hydrogen) atoms. The second-order valence-corrected chi connectivity index (χ2v) is 8.86. The number of benzene rings is 2. The van der Waals surface area contributed by atoms with Crippen LogP contribution < -0.4 is 14.8 Å². The Balaban J connectivity index is 1.74. The predicted molar refractivity (Wildman–Crippen MR) is 123 cm³/mol. The number of rotatable bonds is 7. The number of anilines is 1. The zero-order valence-electron chi connectivity index (χ0n) is 16.9. The molecular formula is C22H23BrN4O2S. The van der Waals surface area contributed by atoms with Gasteiger partial charge in [0.1, 0.15) is 5.75 Å². The summed E-state index contributed by atoms with van der Waals surface area (Å²) in [5, 5.41) is 12.9. The molecule has 2 aromatic carbocycles. The van der Waals surface area contributed by atoms with Crippen LogP contribution in [0.2, 0.25) is 0 Å². The average Bonchev–Trinajstić information content (AvgIpc) is 2.93. The van der Waals surface area contributed by atoms with Gasteiger partial charge in [0.2, 0.25) is 17.3 Å². The van der Waals surface area contributed by atoms with E-state index in [9.17, 15) is 0 Å². The van der Waals surface area contributed by atoms with Crippen molar-refractivity contribution in [3.05, 3.63) is 52.5 Å². The minimum atomic E-state index is -0.475. The zero-order chi connectivity index (χ0) is 20.9. The highest BCUT2D eigenvalue weighted by Crippen LogP contribution is 2.42. The van der Waals surface area contributed by atoms with Gasteiger partial charge in [-0.3, -0.25) is 0 Å². The maximum absolute atomic E-state index is 6.34. The number of nitrogens with zero attached hydrogens (tertiary/aromatic N) is 3. The van der Waals surface area contributed by atoms with Crippen molar-refractivity contribution >= 4 is 33.4 Å². The molecule has 0 saturated carbocycles. The maximum atomic E-state index is 6.34. The highest BCUT2D eigenvalue weighted by atomic mass is 79.9. The number of nitrogens with one attached hydrogen (secondary N) is 1. The van der Waals surface area contributed by atoms with Crippen molar-refractivity contribution < 1.29 is 9.47 Å². The third kappa shape index (κ3) is 4.54. The lowest BCUT2D eigenvalue weighted by Gasteiger charge is -2.21. The Labute approximate surface area is 188 Å². The molecule has 0 bridgehead atoms. The van der Waals surface area contributed by atoms with E-state index >= 15 is 0 Å². The molecule has 1 atom stereocenters. The number of fused-ring (bicyclic) bond motifs is 3. The van der Waals surface area contributed by atoms with Gasteiger partial charge in [-0.2, -0.15) is 4.98 Å². The van der Waals surface area contributed by atoms with Gasteiger partial charge in [0.05, 0.1) is 12.7 Å². The molecule has 0 aliphatic carbocycles. The molecule has 0 fully saturated rings. The van der Waals surface area contributed by atoms with Gasteiger partial charge in [-0.1, -0.05) is 59.6 Å². The van der Waals surface area contributed by atoms with Gasteiger partial charge < -0.3 is 14.8 Å². The number of aromatic nitrogens is 3. The quantitative estimate of drug-likeness (QED) is 0.319. The lowest BCUT2D eigenvalue weighted by Crippen LogP contribution is -2.18. The number of ether oxygens (including phenoxy) is 2. The highest BCUT2D eigenvalue weighted by Gasteiger charge is 2.28. The number of halogens is 1. The molecule has 0 unspecified atom stereocenters. The number of thioether (sulfide) groups is 1. The van der Waals surface area contributed by atoms with Crippen LogP contribution in [0, 0.1) is 0 Å². The van der Waals surface area contributed by atoms with E-state index in [2.05, 4.69) is 38.4 Å². The Hall–Kier alpha value is -2.32. The highest BCUT2D eigenvalue weighted by molar-refractivity contribution is 9.10. The molecule has 6 nitrogen and oxygen atoms in total. The third-order valence-electron chi connectivity index (χ3n) is 4.79. The van der Waals surface area contributed by atoms with Crippen molar-refractivity contribution in [1.82, 2.24) is 15.2 Å². The van der Waals surface area contributed by atoms with E-state index in [1.54, 1.807) is 18.9 Å². The molecule has 1 aliphatic heterocycles. The second-order valence-electron chi connectivity index (χ2n) is 6.88. The van der Waals surface area contributed by atoms with Gasteiger partial charge >= 0.3 is 0 Å². The first kappa shape index (κ1) is 20.9. The molecule has 0 spiro atoms. The van der Waals surface area contributed by atoms with E-state index < -0.39 is 6.23 Å². The van der Waals surface area contributed by atoms with Crippen LogP contribution in [0.15, 0.2) is 52.1 Å². The molecule has 4 rings (SSSR count). The van der Waals surface area contributed by atoms with Crippen LogP contribution in [0.4, 0.5) is 5.69 Å². The summed E-state index contributed by atoms with van der Waals surface area (Å²) < 4.78 is 12.8. The summed E-state index contributed by atoms with van der Waals surface area (Å²) in [5.41, 5.74) is 3.29. The normalized spacial score (nSPS) is 14.7. The number of hydrogen-bond donors (Lipinski definition) is 1. The molecule has 8 heteroatoms. The Morgan fingerprint density at radius 2 is 2.03 bits per heavy atom. The topological polar surface area (TPSA) is 69.2 Å². The van der Waals surface area contributed by atoms with Crippen LogP contribution in [0.3, 0.4) is 0 Å². The summed E-state index contributed by atoms with van der Waals surface area (Å²) in [6.07, 6.45) is 3.04. The predicted octanol–water partition coefficient (Wildman–Crippen LogP) is 6.10. The molecule has 1 aromatic heterocycles. The first-order chi connectivity index (χ1) is 14.7. The summed E-state index contributed by atoms with van der Waals surface area (Å²) in [4.78, 5) is 4.70. The Morgan fingerprint density at radius 1 is 1.17 bits per heavy atom. The summed E-state index contributed by atoms with van der Waals surface area (Å²) in [5.74, 6) is 2.17. The monoisotopic (exact) mass is 486 g/mol. The fraction of sp³-hybridized carbons (Fsp3) is 0.318. The Bertz CT molecular complexity index is 1030. The molecular weight excluding hydrogens is 464 g/mol. The van der Waals surface area contributed by atoms with Crippen molar-refractivity contribution in [3.8, 4) is 22.9 Å². The molecule has 1 aliphatic rings. The lowest BCUT2D eigenvalue weighted by molar-refractivity contribution is 0.220. The maximum Gasteiger partial charge on any atom is 0.247 e. The summed E-state index contributed by atoms with van der Waals surface area (Å²) in [7, 11) is 1.66. The average molecular weight is 487 g/mol. The fourth-order valence-electron chi connectivity index (χ4n) is 3.27. The molecule has 1 N–H and O–H groups in total. The van der Waals surface area contributed by atoms with E-state index in [0.717, 1.165) is 39.2 Å². The van der Waals surface area contributed by atoms with Crippen molar-refractivity contribution in [2.24, 2.45) is 0 Å². The van der Waals surface area contributed by atoms with Gasteiger partial charge in [0.15, 0.2) is 5.69 Å². The third-order valence-corrected chi connectivity index (χ3v) is 6.21. The number of para-hydroxylation sites is 1. The van der Waals surface area contributed by atoms with Gasteiger partial charge in [-0.15, -0.1) is 10.2 Å². The largest absolute Gasteiger partial charge is 0.496 e. The number of unbranched alkanes of at least 4 members (excludes halogenated alkanes) is 2. The first-order valence-electron chi connectivity index (χ1n) is 9.93. The van der Waals surface area contributed by atoms with Crippen LogP contribution in [0.25, 0.3) is 11.3 Å². The van der Waals surface area contributed by atoms with E-state index in [-0.39, 0.29) is 0 Å². The SMILES string of the molecule is CCCCCSc1nnc2c(n1)O[C@@H](c1ccccc1OC)Nc1ccc(Br)cc1-2. The lowest BCUT2D eigenvalue weighted by atomic mass is 10.1. The van der Waals surface area contributed by atoms with Crippen LogP contribution in [-0.4, -0.2) is 28.0 Å². The minimum Gasteiger partial charge on any atom is -0.496 e. The van der Waals surface area contributed by atoms with Crippen molar-refractivity contribution in [1.29, 1.82) is 0 Å². The van der Waals surface area contributed by atoms with Crippen LogP contribution in [-0.2, 0) is 0 Å². The van der Waals surface area contributed by atoms with E-state index in [1.807, 2.05) is 42.5 Å². The van der Waals surface area contributed by atoms with E-state index in [1.165, 1.54) is 12.8 Å². The molecule has 2 heterocycles. The van der Waals surface area contributed by atoms with E-state index in [4.69, 9.17) is 14.5 Å². The van der Waals surface area contributed by atoms with Crippen molar-refractivity contribution in [3.63, 3.8) is 0 Å². The van der Waals surface area contributed by atoms with Crippen LogP contribution in [0.1, 0.15) is 38.0 Å². The number of hydrogen-bond acceptors (Lipinski definition) is 7. The molecule has 0 saturated heterocycles. The second kappa shape index (κ2) is 9.66. The first-order valence-corrected chi connectivity index (χ1v) is 11.7. The van der Waals surface area contributed by atoms with Gasteiger partial charge in [-0.05, 0) is 36.8 Å². The van der Waals surface area contributed by atoms with Gasteiger partial charge in [0, 0.05) is 21.5 Å². The summed E-state index contributed by atoms with van der Waals surface area (Å²) >= 11 is 5.16. The molecule has 3 aromatic rings. The minimum absolute atomic E-state index is 0.461. The smallest absolute Gasteiger partial charge is 0.247 e.